The van der Waals surface area contributed by atoms with Gasteiger partial charge < -0.3 is 10.8 Å². The molecule has 108 valence electrons. The van der Waals surface area contributed by atoms with Gasteiger partial charge in [-0.1, -0.05) is 54.2 Å². The first-order valence-corrected chi connectivity index (χ1v) is 8.48. The molecule has 2 aromatic carbocycles. The molecule has 0 bridgehead atoms. The Morgan fingerprint density at radius 2 is 1.81 bits per heavy atom. The quantitative estimate of drug-likeness (QED) is 0.710. The van der Waals surface area contributed by atoms with Crippen LogP contribution >= 0.6 is 23.1 Å². The zero-order valence-corrected chi connectivity index (χ0v) is 13.0. The molecule has 0 aliphatic heterocycles. The monoisotopic (exact) mass is 316 g/mol. The number of aromatic nitrogens is 1. The molecule has 0 radical (unpaired) electrons. The van der Waals surface area contributed by atoms with Crippen molar-refractivity contribution in [3.8, 4) is 0 Å². The maximum absolute atomic E-state index is 10.8. The number of rotatable bonds is 5. The molecule has 0 fully saturated rings. The van der Waals surface area contributed by atoms with Crippen LogP contribution in [0.1, 0.15) is 5.56 Å². The molecule has 0 saturated heterocycles. The third-order valence-electron chi connectivity index (χ3n) is 3.36. The van der Waals surface area contributed by atoms with Crippen LogP contribution in [0.25, 0.3) is 10.2 Å². The Bertz CT molecular complexity index is 696. The van der Waals surface area contributed by atoms with Crippen LogP contribution in [0.3, 0.4) is 0 Å². The highest BCUT2D eigenvalue weighted by Crippen LogP contribution is 2.33. The van der Waals surface area contributed by atoms with Crippen molar-refractivity contribution in [2.24, 2.45) is 5.73 Å². The summed E-state index contributed by atoms with van der Waals surface area (Å²) < 4.78 is 2.12. The van der Waals surface area contributed by atoms with Crippen molar-refractivity contribution in [2.75, 3.05) is 12.3 Å². The summed E-state index contributed by atoms with van der Waals surface area (Å²) in [5.41, 5.74) is 6.62. The van der Waals surface area contributed by atoms with E-state index in [4.69, 9.17) is 5.73 Å². The van der Waals surface area contributed by atoms with Gasteiger partial charge in [0.1, 0.15) is 5.60 Å². The second-order valence-electron chi connectivity index (χ2n) is 4.84. The van der Waals surface area contributed by atoms with Crippen LogP contribution in [-0.2, 0) is 5.60 Å². The van der Waals surface area contributed by atoms with Gasteiger partial charge in [0, 0.05) is 12.3 Å². The van der Waals surface area contributed by atoms with Gasteiger partial charge in [0.15, 0.2) is 4.34 Å². The topological polar surface area (TPSA) is 59.1 Å². The molecule has 0 saturated carbocycles. The molecular weight excluding hydrogens is 300 g/mol. The molecule has 3 nitrogen and oxygen atoms in total. The fourth-order valence-corrected chi connectivity index (χ4v) is 4.29. The summed E-state index contributed by atoms with van der Waals surface area (Å²) in [4.78, 5) is 4.57. The summed E-state index contributed by atoms with van der Waals surface area (Å²) >= 11 is 3.19. The standard InChI is InChI=1S/C16H16N2OS2/c17-10-16(19,12-6-2-1-3-7-12)11-20-15-18-13-8-4-5-9-14(13)21-15/h1-9,19H,10-11,17H2. The number of hydrogen-bond donors (Lipinski definition) is 2. The second-order valence-corrected chi connectivity index (χ2v) is 7.09. The fraction of sp³-hybridized carbons (Fsp3) is 0.188. The van der Waals surface area contributed by atoms with E-state index in [9.17, 15) is 5.11 Å². The van der Waals surface area contributed by atoms with Gasteiger partial charge in [-0.3, -0.25) is 0 Å². The number of nitrogens with zero attached hydrogens (tertiary/aromatic N) is 1. The van der Waals surface area contributed by atoms with Gasteiger partial charge in [-0.15, -0.1) is 11.3 Å². The van der Waals surface area contributed by atoms with Crippen LogP contribution in [0, 0.1) is 0 Å². The number of benzene rings is 2. The molecule has 0 amide bonds. The highest BCUT2D eigenvalue weighted by Gasteiger charge is 2.28. The Labute approximate surface area is 131 Å². The largest absolute Gasteiger partial charge is 0.383 e. The van der Waals surface area contributed by atoms with E-state index < -0.39 is 5.60 Å². The normalized spacial score (nSPS) is 14.2. The van der Waals surface area contributed by atoms with Gasteiger partial charge in [0.05, 0.1) is 10.2 Å². The summed E-state index contributed by atoms with van der Waals surface area (Å²) in [7, 11) is 0. The molecule has 3 rings (SSSR count). The van der Waals surface area contributed by atoms with Crippen LogP contribution in [0.2, 0.25) is 0 Å². The molecule has 1 aromatic heterocycles. The Kier molecular flexibility index (Phi) is 4.26. The van der Waals surface area contributed by atoms with E-state index in [0.717, 1.165) is 20.1 Å². The van der Waals surface area contributed by atoms with Gasteiger partial charge in [-0.25, -0.2) is 4.98 Å². The van der Waals surface area contributed by atoms with Crippen molar-refractivity contribution in [1.82, 2.24) is 4.98 Å². The van der Waals surface area contributed by atoms with E-state index in [-0.39, 0.29) is 6.54 Å². The average Bonchev–Trinajstić information content (AvgIpc) is 2.96. The number of para-hydroxylation sites is 1. The SMILES string of the molecule is NCC(O)(CSc1nc2ccccc2s1)c1ccccc1. The van der Waals surface area contributed by atoms with Gasteiger partial charge >= 0.3 is 0 Å². The summed E-state index contributed by atoms with van der Waals surface area (Å²) in [6.45, 7) is 0.189. The van der Waals surface area contributed by atoms with E-state index in [0.29, 0.717) is 5.75 Å². The summed E-state index contributed by atoms with van der Waals surface area (Å²) in [6.07, 6.45) is 0. The predicted molar refractivity (Wildman–Crippen MR) is 89.7 cm³/mol. The van der Waals surface area contributed by atoms with E-state index in [1.54, 1.807) is 23.1 Å². The summed E-state index contributed by atoms with van der Waals surface area (Å²) in [6, 6.07) is 17.6. The van der Waals surface area contributed by atoms with Gasteiger partial charge in [0.2, 0.25) is 0 Å². The lowest BCUT2D eigenvalue weighted by Crippen LogP contribution is -2.37. The first kappa shape index (κ1) is 14.5. The second kappa shape index (κ2) is 6.15. The molecule has 0 aliphatic rings. The van der Waals surface area contributed by atoms with Crippen molar-refractivity contribution < 1.29 is 5.11 Å². The zero-order chi connectivity index (χ0) is 14.7. The smallest absolute Gasteiger partial charge is 0.151 e. The third-order valence-corrected chi connectivity index (χ3v) is 5.75. The number of hydrogen-bond acceptors (Lipinski definition) is 5. The molecule has 0 aliphatic carbocycles. The van der Waals surface area contributed by atoms with Crippen LogP contribution in [0.15, 0.2) is 58.9 Å². The molecule has 1 heterocycles. The summed E-state index contributed by atoms with van der Waals surface area (Å²) in [5.74, 6) is 0.493. The van der Waals surface area contributed by atoms with Crippen molar-refractivity contribution >= 4 is 33.3 Å². The van der Waals surface area contributed by atoms with Crippen LogP contribution in [0.5, 0.6) is 0 Å². The Hall–Kier alpha value is -1.40. The Morgan fingerprint density at radius 3 is 2.52 bits per heavy atom. The number of fused-ring (bicyclic) bond motifs is 1. The van der Waals surface area contributed by atoms with E-state index in [2.05, 4.69) is 11.1 Å². The van der Waals surface area contributed by atoms with Gasteiger partial charge in [-0.2, -0.15) is 0 Å². The van der Waals surface area contributed by atoms with Crippen LogP contribution in [-0.4, -0.2) is 22.4 Å². The molecule has 21 heavy (non-hydrogen) atoms. The minimum Gasteiger partial charge on any atom is -0.383 e. The lowest BCUT2D eigenvalue weighted by molar-refractivity contribution is 0.0721. The van der Waals surface area contributed by atoms with Crippen molar-refractivity contribution in [1.29, 1.82) is 0 Å². The van der Waals surface area contributed by atoms with Crippen LogP contribution in [0.4, 0.5) is 0 Å². The van der Waals surface area contributed by atoms with E-state index in [1.807, 2.05) is 48.5 Å². The number of nitrogens with two attached hydrogens (primary N) is 1. The first-order chi connectivity index (χ1) is 10.2. The number of aliphatic hydroxyl groups is 1. The van der Waals surface area contributed by atoms with Crippen molar-refractivity contribution in [2.45, 2.75) is 9.94 Å². The first-order valence-electron chi connectivity index (χ1n) is 6.68. The predicted octanol–water partition coefficient (Wildman–Crippen LogP) is 3.23. The maximum atomic E-state index is 10.8. The average molecular weight is 316 g/mol. The molecule has 3 aromatic rings. The van der Waals surface area contributed by atoms with Crippen LogP contribution < -0.4 is 5.73 Å². The minimum absolute atomic E-state index is 0.189. The van der Waals surface area contributed by atoms with Crippen molar-refractivity contribution in [3.63, 3.8) is 0 Å². The van der Waals surface area contributed by atoms with E-state index >= 15 is 0 Å². The molecule has 1 atom stereocenters. The van der Waals surface area contributed by atoms with E-state index in [1.165, 1.54) is 0 Å². The highest BCUT2D eigenvalue weighted by molar-refractivity contribution is 8.01. The maximum Gasteiger partial charge on any atom is 0.151 e. The molecule has 5 heteroatoms. The van der Waals surface area contributed by atoms with Crippen molar-refractivity contribution in [3.05, 3.63) is 60.2 Å². The van der Waals surface area contributed by atoms with Gasteiger partial charge in [-0.05, 0) is 17.7 Å². The molecule has 0 spiro atoms. The number of thioether (sulfide) groups is 1. The Morgan fingerprint density at radius 1 is 1.10 bits per heavy atom. The lowest BCUT2D eigenvalue weighted by atomic mass is 9.96. The van der Waals surface area contributed by atoms with Gasteiger partial charge in [0.25, 0.3) is 0 Å². The molecule has 3 N–H and O–H groups in total. The third kappa shape index (κ3) is 3.11. The molecule has 1 unspecified atom stereocenters. The highest BCUT2D eigenvalue weighted by atomic mass is 32.2. The Balaban J connectivity index is 1.78. The fourth-order valence-electron chi connectivity index (χ4n) is 2.10. The zero-order valence-electron chi connectivity index (χ0n) is 11.4. The molecular formula is C16H16N2OS2. The number of thiazole rings is 1. The summed E-state index contributed by atoms with van der Waals surface area (Å²) in [5, 5.41) is 10.8. The lowest BCUT2D eigenvalue weighted by Gasteiger charge is -2.26. The minimum atomic E-state index is -1.02.